The summed E-state index contributed by atoms with van der Waals surface area (Å²) in [4.78, 5) is -0.0718. The van der Waals surface area contributed by atoms with Gasteiger partial charge in [0.15, 0.2) is 0 Å². The average molecular weight is 352 g/mol. The molecule has 0 saturated heterocycles. The van der Waals surface area contributed by atoms with E-state index in [-0.39, 0.29) is 10.9 Å². The summed E-state index contributed by atoms with van der Waals surface area (Å²) in [5.74, 6) is 1.21. The highest BCUT2D eigenvalue weighted by atomic mass is 32.2. The predicted molar refractivity (Wildman–Crippen MR) is 105 cm³/mol. The van der Waals surface area contributed by atoms with Gasteiger partial charge in [0, 0.05) is 12.4 Å². The predicted octanol–water partition coefficient (Wildman–Crippen LogP) is 5.86. The molecule has 1 aromatic rings. The van der Waals surface area contributed by atoms with E-state index in [2.05, 4.69) is 20.1 Å². The van der Waals surface area contributed by atoms with Crippen molar-refractivity contribution in [2.75, 3.05) is 12.9 Å². The van der Waals surface area contributed by atoms with Crippen LogP contribution in [-0.4, -0.2) is 17.9 Å². The van der Waals surface area contributed by atoms with E-state index in [0.717, 1.165) is 36.7 Å². The SMILES string of the molecule is C=CCC(CC=C)C(SCCCC)P(=O)(OC)c1ccccc1. The van der Waals surface area contributed by atoms with E-state index in [1.165, 1.54) is 0 Å². The zero-order valence-electron chi connectivity index (χ0n) is 14.3. The maximum Gasteiger partial charge on any atom is 0.244 e. The number of thioether (sulfide) groups is 1. The molecule has 0 aromatic heterocycles. The second-order valence-electron chi connectivity index (χ2n) is 5.54. The monoisotopic (exact) mass is 352 g/mol. The van der Waals surface area contributed by atoms with E-state index >= 15 is 0 Å². The lowest BCUT2D eigenvalue weighted by Gasteiger charge is -2.32. The summed E-state index contributed by atoms with van der Waals surface area (Å²) < 4.78 is 19.4. The Morgan fingerprint density at radius 2 is 1.83 bits per heavy atom. The van der Waals surface area contributed by atoms with Crippen molar-refractivity contribution < 1.29 is 9.09 Å². The first-order valence-corrected chi connectivity index (χ1v) is 10.9. The van der Waals surface area contributed by atoms with E-state index in [9.17, 15) is 4.57 Å². The lowest BCUT2D eigenvalue weighted by molar-refractivity contribution is 0.388. The van der Waals surface area contributed by atoms with Gasteiger partial charge in [0.1, 0.15) is 0 Å². The normalized spacial score (nSPS) is 15.1. The minimum atomic E-state index is -2.95. The van der Waals surface area contributed by atoms with E-state index < -0.39 is 7.37 Å². The molecule has 0 fully saturated rings. The van der Waals surface area contributed by atoms with Crippen molar-refractivity contribution in [1.29, 1.82) is 0 Å². The maximum absolute atomic E-state index is 13.8. The van der Waals surface area contributed by atoms with Gasteiger partial charge in [-0.1, -0.05) is 43.7 Å². The Hall–Kier alpha value is -0.760. The Bertz CT molecular complexity index is 505. The van der Waals surface area contributed by atoms with Gasteiger partial charge in [0.25, 0.3) is 0 Å². The molecule has 0 aliphatic rings. The minimum absolute atomic E-state index is 0.0718. The lowest BCUT2D eigenvalue weighted by atomic mass is 10.0. The van der Waals surface area contributed by atoms with Gasteiger partial charge in [-0.3, -0.25) is 4.57 Å². The molecule has 2 nitrogen and oxygen atoms in total. The van der Waals surface area contributed by atoms with Crippen LogP contribution in [0.5, 0.6) is 0 Å². The van der Waals surface area contributed by atoms with Gasteiger partial charge in [0.2, 0.25) is 7.37 Å². The molecule has 0 saturated carbocycles. The first kappa shape index (κ1) is 20.3. The Morgan fingerprint density at radius 1 is 1.22 bits per heavy atom. The highest BCUT2D eigenvalue weighted by Gasteiger charge is 2.39. The van der Waals surface area contributed by atoms with Crippen LogP contribution in [0, 0.1) is 5.92 Å². The maximum atomic E-state index is 13.8. The quantitative estimate of drug-likeness (QED) is 0.267. The molecule has 0 aliphatic carbocycles. The number of rotatable bonds is 12. The van der Waals surface area contributed by atoms with Gasteiger partial charge >= 0.3 is 0 Å². The third-order valence-corrected chi connectivity index (χ3v) is 9.03. The smallest absolute Gasteiger partial charge is 0.244 e. The summed E-state index contributed by atoms with van der Waals surface area (Å²) in [6.07, 6.45) is 7.70. The Labute approximate surface area is 145 Å². The molecule has 1 aromatic carbocycles. The van der Waals surface area contributed by atoms with Crippen molar-refractivity contribution in [2.45, 2.75) is 37.6 Å². The molecular weight excluding hydrogens is 323 g/mol. The largest absolute Gasteiger partial charge is 0.328 e. The van der Waals surface area contributed by atoms with Crippen molar-refractivity contribution in [3.05, 3.63) is 55.6 Å². The number of hydrogen-bond donors (Lipinski definition) is 0. The molecule has 0 bridgehead atoms. The van der Waals surface area contributed by atoms with Gasteiger partial charge in [0.05, 0.1) is 4.99 Å². The van der Waals surface area contributed by atoms with Crippen LogP contribution in [0.25, 0.3) is 0 Å². The van der Waals surface area contributed by atoms with E-state index in [4.69, 9.17) is 4.52 Å². The molecule has 0 spiro atoms. The molecule has 2 unspecified atom stereocenters. The van der Waals surface area contributed by atoms with Crippen LogP contribution in [0.3, 0.4) is 0 Å². The topological polar surface area (TPSA) is 26.3 Å². The van der Waals surface area contributed by atoms with E-state index in [1.54, 1.807) is 18.9 Å². The van der Waals surface area contributed by atoms with Crippen LogP contribution < -0.4 is 5.30 Å². The first-order chi connectivity index (χ1) is 11.1. The molecule has 4 heteroatoms. The fourth-order valence-electron chi connectivity index (χ4n) is 2.61. The van der Waals surface area contributed by atoms with Crippen molar-refractivity contribution >= 4 is 24.4 Å². The fourth-order valence-corrected chi connectivity index (χ4v) is 7.62. The van der Waals surface area contributed by atoms with Crippen LogP contribution in [0.4, 0.5) is 0 Å². The van der Waals surface area contributed by atoms with Crippen LogP contribution >= 0.6 is 19.1 Å². The molecule has 0 radical (unpaired) electrons. The molecule has 128 valence electrons. The summed E-state index contributed by atoms with van der Waals surface area (Å²) in [5.41, 5.74) is 0. The number of hydrogen-bond acceptors (Lipinski definition) is 3. The van der Waals surface area contributed by atoms with E-state index in [1.807, 2.05) is 42.5 Å². The van der Waals surface area contributed by atoms with Crippen LogP contribution in [0.2, 0.25) is 0 Å². The summed E-state index contributed by atoms with van der Waals surface area (Å²) in [6, 6.07) is 9.61. The van der Waals surface area contributed by atoms with Crippen molar-refractivity contribution in [3.63, 3.8) is 0 Å². The Kier molecular flexibility index (Phi) is 9.62. The Morgan fingerprint density at radius 3 is 2.30 bits per heavy atom. The highest BCUT2D eigenvalue weighted by Crippen LogP contribution is 2.58. The van der Waals surface area contributed by atoms with Gasteiger partial charge < -0.3 is 4.52 Å². The van der Waals surface area contributed by atoms with Gasteiger partial charge in [-0.15, -0.1) is 24.9 Å². The van der Waals surface area contributed by atoms with Gasteiger partial charge in [-0.05, 0) is 43.1 Å². The van der Waals surface area contributed by atoms with Crippen molar-refractivity contribution in [1.82, 2.24) is 0 Å². The first-order valence-electron chi connectivity index (χ1n) is 8.18. The molecule has 0 N–H and O–H groups in total. The third-order valence-electron chi connectivity index (χ3n) is 3.85. The van der Waals surface area contributed by atoms with Crippen molar-refractivity contribution in [2.24, 2.45) is 5.92 Å². The minimum Gasteiger partial charge on any atom is -0.328 e. The average Bonchev–Trinajstić information content (AvgIpc) is 2.59. The van der Waals surface area contributed by atoms with Gasteiger partial charge in [-0.2, -0.15) is 0 Å². The fraction of sp³-hybridized carbons (Fsp3) is 0.474. The van der Waals surface area contributed by atoms with Gasteiger partial charge in [-0.25, -0.2) is 0 Å². The summed E-state index contributed by atoms with van der Waals surface area (Å²) >= 11 is 1.78. The summed E-state index contributed by atoms with van der Waals surface area (Å²) in [6.45, 7) is 9.91. The highest BCUT2D eigenvalue weighted by molar-refractivity contribution is 8.06. The Balaban J connectivity index is 3.19. The number of benzene rings is 1. The molecule has 1 rings (SSSR count). The second-order valence-corrected chi connectivity index (χ2v) is 9.77. The van der Waals surface area contributed by atoms with Crippen LogP contribution in [0.15, 0.2) is 55.6 Å². The molecule has 0 aliphatic heterocycles. The molecular formula is C19H29O2PS. The standard InChI is InChI=1S/C19H29O2PS/c1-5-8-16-23-19(17(12-6-2)13-7-3)22(20,21-4)18-14-10-9-11-15-18/h6-7,9-11,14-15,17,19H,2-3,5,8,12-13,16H2,1,4H3. The molecule has 2 atom stereocenters. The second kappa shape index (κ2) is 10.9. The van der Waals surface area contributed by atoms with Crippen LogP contribution in [0.1, 0.15) is 32.6 Å². The van der Waals surface area contributed by atoms with Crippen molar-refractivity contribution in [3.8, 4) is 0 Å². The van der Waals surface area contributed by atoms with E-state index in [0.29, 0.717) is 0 Å². The molecule has 0 heterocycles. The molecule has 0 amide bonds. The number of unbranched alkanes of at least 4 members (excludes halogenated alkanes) is 1. The zero-order chi connectivity index (χ0) is 17.1. The lowest BCUT2D eigenvalue weighted by Crippen LogP contribution is -2.24. The van der Waals surface area contributed by atoms with Crippen LogP contribution in [-0.2, 0) is 9.09 Å². The number of allylic oxidation sites excluding steroid dienone is 2. The zero-order valence-corrected chi connectivity index (χ0v) is 16.0. The third kappa shape index (κ3) is 5.67. The molecule has 23 heavy (non-hydrogen) atoms. The summed E-state index contributed by atoms with van der Waals surface area (Å²) in [7, 11) is -1.38. The summed E-state index contributed by atoms with van der Waals surface area (Å²) in [5, 5.41) is 0.801.